The van der Waals surface area contributed by atoms with Crippen molar-refractivity contribution in [3.8, 4) is 5.75 Å². The van der Waals surface area contributed by atoms with Crippen molar-refractivity contribution in [3.63, 3.8) is 0 Å². The first-order chi connectivity index (χ1) is 56.6. The van der Waals surface area contributed by atoms with Crippen LogP contribution in [0.25, 0.3) is 43.6 Å². The normalized spacial score (nSPS) is 13.7. The molecule has 0 bridgehead atoms. The fourth-order valence-corrected chi connectivity index (χ4v) is 13.7. The number of fused-ring (bicyclic) bond motifs is 4. The molecule has 9 amide bonds. The zero-order chi connectivity index (χ0) is 85.0. The summed E-state index contributed by atoms with van der Waals surface area (Å²) in [6.45, 7) is 1.56. The molecule has 0 aliphatic carbocycles. The van der Waals surface area contributed by atoms with E-state index in [2.05, 4.69) is 89.1 Å². The molecule has 10 atom stereocenters. The Labute approximate surface area is 677 Å². The second kappa shape index (κ2) is 42.8. The molecule has 38 nitrogen and oxygen atoms in total. The lowest BCUT2D eigenvalue weighted by molar-refractivity contribution is -0.142. The van der Waals surface area contributed by atoms with E-state index < -0.39 is 126 Å². The van der Waals surface area contributed by atoms with Crippen molar-refractivity contribution in [1.82, 2.24) is 89.1 Å². The lowest BCUT2D eigenvalue weighted by Gasteiger charge is -2.28. The quantitative estimate of drug-likeness (QED) is 0.0132. The van der Waals surface area contributed by atoms with Gasteiger partial charge in [-0.05, 0) is 129 Å². The van der Waals surface area contributed by atoms with Crippen LogP contribution in [0.5, 0.6) is 5.75 Å². The Bertz CT molecular complexity index is 5060. The van der Waals surface area contributed by atoms with Crippen LogP contribution < -0.4 is 97.8 Å². The summed E-state index contributed by atoms with van der Waals surface area (Å²) in [5, 5.41) is 89.3. The molecule has 33 N–H and O–H groups in total. The monoisotopic (exact) mass is 1620 g/mol. The molecule has 4 heterocycles. The molecular formula is C80H104N26O12. The first kappa shape index (κ1) is 87.8. The van der Waals surface area contributed by atoms with Gasteiger partial charge in [-0.1, -0.05) is 84.9 Å². The topological polar surface area (TPSA) is 656 Å². The van der Waals surface area contributed by atoms with Crippen LogP contribution in [0.2, 0.25) is 0 Å². The maximum Gasteiger partial charge on any atom is 0.326 e. The van der Waals surface area contributed by atoms with Crippen LogP contribution >= 0.6 is 0 Å². The van der Waals surface area contributed by atoms with E-state index in [1.807, 2.05) is 24.3 Å². The summed E-state index contributed by atoms with van der Waals surface area (Å²) >= 11 is 0. The minimum Gasteiger partial charge on any atom is -0.508 e. The Kier molecular flexibility index (Phi) is 31.8. The van der Waals surface area contributed by atoms with Crippen LogP contribution in [-0.2, 0) is 80.0 Å². The number of hydrogen-bond acceptors (Lipinski definition) is 16. The van der Waals surface area contributed by atoms with Crippen molar-refractivity contribution in [2.75, 3.05) is 26.2 Å². The molecule has 0 unspecified atom stereocenters. The van der Waals surface area contributed by atoms with Crippen LogP contribution in [0, 0.1) is 21.6 Å². The van der Waals surface area contributed by atoms with Gasteiger partial charge in [0.25, 0.3) is 0 Å². The number of aliphatic carboxylic acids is 1. The van der Waals surface area contributed by atoms with Crippen molar-refractivity contribution < 1.29 is 58.2 Å². The highest BCUT2D eigenvalue weighted by molar-refractivity contribution is 6.00. The second-order valence-corrected chi connectivity index (χ2v) is 28.7. The molecule has 0 saturated carbocycles. The van der Waals surface area contributed by atoms with E-state index in [4.69, 9.17) is 50.3 Å². The van der Waals surface area contributed by atoms with Crippen LogP contribution in [0.4, 0.5) is 0 Å². The Morgan fingerprint density at radius 2 is 0.593 bits per heavy atom. The maximum absolute atomic E-state index is 15.6. The summed E-state index contributed by atoms with van der Waals surface area (Å²) in [5.41, 5.74) is 34.4. The maximum atomic E-state index is 15.6. The molecule has 0 aliphatic rings. The Balaban J connectivity index is 0.985. The van der Waals surface area contributed by atoms with Gasteiger partial charge in [-0.25, -0.2) is 4.79 Å². The lowest BCUT2D eigenvalue weighted by Crippen LogP contribution is -2.61. The number of benzene rings is 5. The first-order valence-electron chi connectivity index (χ1n) is 38.6. The highest BCUT2D eigenvalue weighted by atomic mass is 16.4. The summed E-state index contributed by atoms with van der Waals surface area (Å²) in [6.07, 6.45) is 5.79. The number of guanidine groups is 4. The summed E-state index contributed by atoms with van der Waals surface area (Å²) < 4.78 is 0. The number of nitrogens with one attached hydrogen (secondary N) is 21. The number of carbonyl (C=O) groups is 10. The number of H-pyrrole nitrogens is 4. The number of nitrogens with two attached hydrogens (primary N) is 5. The van der Waals surface area contributed by atoms with E-state index in [1.165, 1.54) is 19.1 Å². The predicted octanol–water partition coefficient (Wildman–Crippen LogP) is -0.321. The first-order valence-corrected chi connectivity index (χ1v) is 38.6. The number of carboxylic acid groups (broad SMARTS) is 1. The van der Waals surface area contributed by atoms with Crippen molar-refractivity contribution in [2.24, 2.45) is 28.7 Å². The smallest absolute Gasteiger partial charge is 0.326 e. The standard InChI is InChI=1S/C80H104N26O12/c1-43(67(108)99-59(22-10-30-90-77(82)83)69(110)101-62(25-13-33-93-80(88)89)72(113)106-66(76(117)118)38-48-42-97-58-21-9-5-17-53(48)58)98-73(114)63(35-45-39-94-55-18-6-2-14-50(45)55)103-71(112)61(24-12-32-92-79(86)87)102-74(115)64(36-46-40-95-56-19-7-3-15-51(46)56)105-75(116)65(37-47-41-96-57-20-8-4-16-52(47)57)104-70(111)60(23-11-31-91-78(84)85)100-68(109)54(81)34-44-26-28-49(107)29-27-44/h2-9,14-21,26-29,39-43,54,59-66,94-97,107H,10-13,22-25,30-38,81H2,1H3,(H,98,114)(H,99,108)(H,100,109)(H,101,110)(H,102,115)(H,103,112)(H,104,111)(H,105,116)(H,106,113)(H,117,118)(H4,82,83,90)(H4,84,85,91)(H4,86,87,92)(H4,88,89,93)/t43-,54-,59-,60-,61-,62-,63-,64-,65-,66-/m0/s1. The Morgan fingerprint density at radius 3 is 0.898 bits per heavy atom. The van der Waals surface area contributed by atoms with Crippen molar-refractivity contribution >= 4 is 127 Å². The third kappa shape index (κ3) is 25.9. The third-order valence-corrected chi connectivity index (χ3v) is 19.9. The van der Waals surface area contributed by atoms with Crippen molar-refractivity contribution in [3.05, 3.63) is 174 Å². The van der Waals surface area contributed by atoms with Crippen LogP contribution in [0.15, 0.2) is 146 Å². The number of phenols is 1. The third-order valence-electron chi connectivity index (χ3n) is 19.9. The van der Waals surface area contributed by atoms with E-state index in [9.17, 15) is 39.0 Å². The molecule has 9 rings (SSSR count). The number of carboxylic acids is 1. The number of aromatic hydroxyl groups is 1. The van der Waals surface area contributed by atoms with E-state index in [0.29, 0.717) is 60.5 Å². The number of aromatic amines is 4. The number of phenolic OH excluding ortho intramolecular Hbond substituents is 1. The zero-order valence-electron chi connectivity index (χ0n) is 65.0. The molecule has 626 valence electrons. The fraction of sp³-hybridized carbons (Fsp3) is 0.350. The minimum atomic E-state index is -1.56. The molecule has 0 radical (unpaired) electrons. The van der Waals surface area contributed by atoms with E-state index >= 15 is 19.2 Å². The summed E-state index contributed by atoms with van der Waals surface area (Å²) in [5.74, 6) is -10.8. The number of amides is 9. The summed E-state index contributed by atoms with van der Waals surface area (Å²) in [4.78, 5) is 159. The number of hydrogen-bond donors (Lipinski definition) is 28. The summed E-state index contributed by atoms with van der Waals surface area (Å²) in [7, 11) is 0. The van der Waals surface area contributed by atoms with Gasteiger partial charge >= 0.3 is 5.97 Å². The molecule has 118 heavy (non-hydrogen) atoms. The van der Waals surface area contributed by atoms with Gasteiger partial charge in [-0.3, -0.25) is 64.8 Å². The molecule has 0 saturated heterocycles. The van der Waals surface area contributed by atoms with Gasteiger partial charge in [0.05, 0.1) is 6.04 Å². The molecule has 0 spiro atoms. The highest BCUT2D eigenvalue weighted by Gasteiger charge is 2.37. The highest BCUT2D eigenvalue weighted by Crippen LogP contribution is 2.25. The molecule has 38 heteroatoms. The second-order valence-electron chi connectivity index (χ2n) is 28.7. The number of carbonyl (C=O) groups excluding carboxylic acids is 9. The SMILES string of the molecule is C[C@H](NC(=O)[C@H](Cc1c[nH]c2ccccc12)NC(=O)[C@H](CCCNC(=N)N)NC(=O)[C@H](Cc1c[nH]c2ccccc12)NC(=O)[C@H](Cc1c[nH]c2ccccc12)NC(=O)[C@H](CCCNC(=N)N)NC(=O)[C@@H](N)Cc1ccc(O)cc1)C(=O)N[C@@H](CCCNC(=N)N)C(=O)N[C@@H](CCCNC(=N)N)C(=O)N[C@@H](Cc1c[nH]c2ccccc12)C(=O)O. The molecule has 0 fully saturated rings. The zero-order valence-corrected chi connectivity index (χ0v) is 65.0. The van der Waals surface area contributed by atoms with Gasteiger partial charge in [0.1, 0.15) is 60.1 Å². The lowest BCUT2D eigenvalue weighted by atomic mass is 10.00. The van der Waals surface area contributed by atoms with E-state index in [1.54, 1.807) is 110 Å². The van der Waals surface area contributed by atoms with E-state index in [0.717, 1.165) is 10.9 Å². The Hall–Kier alpha value is -14.2. The van der Waals surface area contributed by atoms with Gasteiger partial charge in [-0.2, -0.15) is 0 Å². The Morgan fingerprint density at radius 1 is 0.339 bits per heavy atom. The van der Waals surface area contributed by atoms with Gasteiger partial charge in [0.15, 0.2) is 23.8 Å². The molecular weight excluding hydrogens is 1520 g/mol. The van der Waals surface area contributed by atoms with Crippen LogP contribution in [0.1, 0.15) is 86.1 Å². The van der Waals surface area contributed by atoms with Gasteiger partial charge in [-0.15, -0.1) is 0 Å². The largest absolute Gasteiger partial charge is 0.508 e. The number of aromatic nitrogens is 4. The minimum absolute atomic E-state index is 0.00169. The van der Waals surface area contributed by atoms with Crippen molar-refractivity contribution in [2.45, 2.75) is 151 Å². The van der Waals surface area contributed by atoms with Gasteiger partial charge < -0.3 is 128 Å². The number of rotatable bonds is 45. The molecule has 5 aromatic carbocycles. The van der Waals surface area contributed by atoms with Gasteiger partial charge in [0, 0.05) is 120 Å². The molecule has 9 aromatic rings. The van der Waals surface area contributed by atoms with Gasteiger partial charge in [0.2, 0.25) is 53.2 Å². The van der Waals surface area contributed by atoms with E-state index in [-0.39, 0.29) is 133 Å². The van der Waals surface area contributed by atoms with Crippen molar-refractivity contribution in [1.29, 1.82) is 21.6 Å². The molecule has 4 aromatic heterocycles. The van der Waals surface area contributed by atoms with Crippen LogP contribution in [-0.4, -0.2) is 200 Å². The molecule has 0 aliphatic heterocycles. The fourth-order valence-electron chi connectivity index (χ4n) is 13.7. The predicted molar refractivity (Wildman–Crippen MR) is 445 cm³/mol. The average Bonchev–Trinajstić information content (AvgIpc) is 1.66. The van der Waals surface area contributed by atoms with Crippen LogP contribution in [0.3, 0.4) is 0 Å². The average molecular weight is 1620 g/mol. The number of para-hydroxylation sites is 4. The summed E-state index contributed by atoms with van der Waals surface area (Å²) in [6, 6.07) is 20.2.